The van der Waals surface area contributed by atoms with Crippen molar-refractivity contribution in [1.29, 1.82) is 0 Å². The van der Waals surface area contributed by atoms with E-state index in [0.29, 0.717) is 16.5 Å². The molecule has 3 N–H and O–H groups in total. The standard InChI is InChI=1S/C18H15N3O4S/c22-15(19-13-8-4-5-11(9-13)17(24)25)10-14-16(23)21-18(26-14)20-12-6-2-1-3-7-12/h1-9,14H,10H2,(H,19,22)(H,24,25)(H,20,21,23)/t14-/m0/s1. The van der Waals surface area contributed by atoms with E-state index in [9.17, 15) is 14.4 Å². The number of aliphatic imine (C=N–C) groups is 1. The van der Waals surface area contributed by atoms with Gasteiger partial charge in [0.25, 0.3) is 0 Å². The van der Waals surface area contributed by atoms with Gasteiger partial charge < -0.3 is 15.7 Å². The molecule has 132 valence electrons. The predicted molar refractivity (Wildman–Crippen MR) is 99.7 cm³/mol. The van der Waals surface area contributed by atoms with E-state index in [4.69, 9.17) is 5.11 Å². The van der Waals surface area contributed by atoms with Gasteiger partial charge in [-0.25, -0.2) is 9.79 Å². The van der Waals surface area contributed by atoms with E-state index in [1.165, 1.54) is 23.9 Å². The zero-order chi connectivity index (χ0) is 18.5. The molecule has 0 radical (unpaired) electrons. The molecule has 26 heavy (non-hydrogen) atoms. The first kappa shape index (κ1) is 17.7. The SMILES string of the molecule is O=C(C[C@@H]1SC(=Nc2ccccc2)NC1=O)Nc1cccc(C(=O)O)c1. The second-order valence-electron chi connectivity index (χ2n) is 5.49. The Morgan fingerprint density at radius 1 is 1.15 bits per heavy atom. The molecule has 1 aliphatic rings. The number of nitrogens with one attached hydrogen (secondary N) is 2. The quantitative estimate of drug-likeness (QED) is 0.751. The number of para-hydroxylation sites is 1. The van der Waals surface area contributed by atoms with Crippen LogP contribution < -0.4 is 10.6 Å². The highest BCUT2D eigenvalue weighted by molar-refractivity contribution is 8.15. The molecule has 1 heterocycles. The Labute approximate surface area is 153 Å². The van der Waals surface area contributed by atoms with E-state index in [1.54, 1.807) is 12.1 Å². The molecule has 1 aliphatic heterocycles. The summed E-state index contributed by atoms with van der Waals surface area (Å²) >= 11 is 1.19. The van der Waals surface area contributed by atoms with Crippen molar-refractivity contribution < 1.29 is 19.5 Å². The van der Waals surface area contributed by atoms with Gasteiger partial charge in [-0.3, -0.25) is 9.59 Å². The van der Waals surface area contributed by atoms with Crippen LogP contribution in [0.3, 0.4) is 0 Å². The minimum Gasteiger partial charge on any atom is -0.478 e. The first-order valence-electron chi connectivity index (χ1n) is 7.76. The lowest BCUT2D eigenvalue weighted by Gasteiger charge is -2.08. The molecule has 0 bridgehead atoms. The van der Waals surface area contributed by atoms with Crippen molar-refractivity contribution in [3.05, 3.63) is 60.2 Å². The minimum absolute atomic E-state index is 0.0401. The lowest BCUT2D eigenvalue weighted by molar-refractivity contribution is -0.122. The summed E-state index contributed by atoms with van der Waals surface area (Å²) in [6, 6.07) is 15.1. The molecular formula is C18H15N3O4S. The van der Waals surface area contributed by atoms with Crippen LogP contribution in [-0.4, -0.2) is 33.3 Å². The molecule has 1 fully saturated rings. The van der Waals surface area contributed by atoms with E-state index >= 15 is 0 Å². The summed E-state index contributed by atoms with van der Waals surface area (Å²) in [5.41, 5.74) is 1.16. The molecule has 3 rings (SSSR count). The average Bonchev–Trinajstić information content (AvgIpc) is 2.95. The summed E-state index contributed by atoms with van der Waals surface area (Å²) in [6.45, 7) is 0. The van der Waals surface area contributed by atoms with Gasteiger partial charge in [0.2, 0.25) is 11.8 Å². The van der Waals surface area contributed by atoms with Gasteiger partial charge in [-0.15, -0.1) is 0 Å². The summed E-state index contributed by atoms with van der Waals surface area (Å²) in [7, 11) is 0. The van der Waals surface area contributed by atoms with Crippen molar-refractivity contribution in [3.63, 3.8) is 0 Å². The van der Waals surface area contributed by atoms with E-state index in [1.807, 2.05) is 30.3 Å². The number of thioether (sulfide) groups is 1. The molecule has 0 unspecified atom stereocenters. The molecular weight excluding hydrogens is 354 g/mol. The second kappa shape index (κ2) is 7.83. The van der Waals surface area contributed by atoms with Crippen LogP contribution in [0.15, 0.2) is 59.6 Å². The summed E-state index contributed by atoms with van der Waals surface area (Å²) in [5.74, 6) is -1.73. The number of hydrogen-bond donors (Lipinski definition) is 3. The zero-order valence-electron chi connectivity index (χ0n) is 13.5. The van der Waals surface area contributed by atoms with Gasteiger partial charge in [0.1, 0.15) is 5.25 Å². The van der Waals surface area contributed by atoms with Gasteiger partial charge in [-0.05, 0) is 30.3 Å². The van der Waals surface area contributed by atoms with Crippen LogP contribution >= 0.6 is 11.8 Å². The normalized spacial score (nSPS) is 17.8. The molecule has 0 spiro atoms. The van der Waals surface area contributed by atoms with Crippen LogP contribution in [0.5, 0.6) is 0 Å². The van der Waals surface area contributed by atoms with E-state index in [-0.39, 0.29) is 23.8 Å². The number of aromatic carboxylic acids is 1. The number of carbonyl (C=O) groups excluding carboxylic acids is 2. The number of amidine groups is 1. The molecule has 2 aromatic rings. The Bertz CT molecular complexity index is 883. The second-order valence-corrected chi connectivity index (χ2v) is 6.68. The zero-order valence-corrected chi connectivity index (χ0v) is 14.3. The van der Waals surface area contributed by atoms with Crippen molar-refractivity contribution in [3.8, 4) is 0 Å². The maximum absolute atomic E-state index is 12.2. The number of carbonyl (C=O) groups is 3. The van der Waals surface area contributed by atoms with Gasteiger partial charge >= 0.3 is 5.97 Å². The van der Waals surface area contributed by atoms with Crippen molar-refractivity contribution in [2.24, 2.45) is 4.99 Å². The lowest BCUT2D eigenvalue weighted by atomic mass is 10.2. The van der Waals surface area contributed by atoms with Crippen LogP contribution in [0.4, 0.5) is 11.4 Å². The van der Waals surface area contributed by atoms with Gasteiger partial charge in [0.15, 0.2) is 5.17 Å². The first-order valence-corrected chi connectivity index (χ1v) is 8.64. The fourth-order valence-electron chi connectivity index (χ4n) is 2.32. The average molecular weight is 369 g/mol. The highest BCUT2D eigenvalue weighted by Crippen LogP contribution is 2.25. The highest BCUT2D eigenvalue weighted by atomic mass is 32.2. The number of rotatable bonds is 5. The number of carboxylic acids is 1. The van der Waals surface area contributed by atoms with Gasteiger partial charge in [-0.2, -0.15) is 0 Å². The molecule has 0 saturated carbocycles. The number of amides is 2. The minimum atomic E-state index is -1.08. The largest absolute Gasteiger partial charge is 0.478 e. The number of benzene rings is 2. The predicted octanol–water partition coefficient (Wildman–Crippen LogP) is 2.63. The van der Waals surface area contributed by atoms with E-state index in [0.717, 1.165) is 0 Å². The molecule has 2 aromatic carbocycles. The molecule has 0 aliphatic carbocycles. The Balaban J connectivity index is 1.61. The van der Waals surface area contributed by atoms with Crippen molar-refractivity contribution in [2.75, 3.05) is 5.32 Å². The first-order chi connectivity index (χ1) is 12.5. The fraction of sp³-hybridized carbons (Fsp3) is 0.111. The van der Waals surface area contributed by atoms with Crippen LogP contribution in [0.25, 0.3) is 0 Å². The third kappa shape index (κ3) is 4.48. The van der Waals surface area contributed by atoms with Crippen molar-refractivity contribution >= 4 is 46.1 Å². The topological polar surface area (TPSA) is 108 Å². The number of carboxylic acid groups (broad SMARTS) is 1. The van der Waals surface area contributed by atoms with E-state index < -0.39 is 11.2 Å². The monoisotopic (exact) mass is 369 g/mol. The van der Waals surface area contributed by atoms with Gasteiger partial charge in [0.05, 0.1) is 11.3 Å². The maximum atomic E-state index is 12.2. The van der Waals surface area contributed by atoms with Gasteiger partial charge in [0, 0.05) is 12.1 Å². The van der Waals surface area contributed by atoms with Crippen molar-refractivity contribution in [2.45, 2.75) is 11.7 Å². The van der Waals surface area contributed by atoms with Crippen LogP contribution in [0, 0.1) is 0 Å². The smallest absolute Gasteiger partial charge is 0.335 e. The third-order valence-corrected chi connectivity index (χ3v) is 4.61. The Hall–Kier alpha value is -3.13. The Morgan fingerprint density at radius 3 is 2.65 bits per heavy atom. The van der Waals surface area contributed by atoms with Gasteiger partial charge in [-0.1, -0.05) is 36.0 Å². The van der Waals surface area contributed by atoms with E-state index in [2.05, 4.69) is 15.6 Å². The van der Waals surface area contributed by atoms with Crippen molar-refractivity contribution in [1.82, 2.24) is 5.32 Å². The fourth-order valence-corrected chi connectivity index (χ4v) is 3.31. The molecule has 1 saturated heterocycles. The number of anilines is 1. The highest BCUT2D eigenvalue weighted by Gasteiger charge is 2.32. The molecule has 0 aromatic heterocycles. The molecule has 7 nitrogen and oxygen atoms in total. The molecule has 2 amide bonds. The molecule has 1 atom stereocenters. The maximum Gasteiger partial charge on any atom is 0.335 e. The molecule has 8 heteroatoms. The third-order valence-electron chi connectivity index (χ3n) is 3.53. The summed E-state index contributed by atoms with van der Waals surface area (Å²) in [5, 5.41) is 14.1. The van der Waals surface area contributed by atoms with Crippen LogP contribution in [-0.2, 0) is 9.59 Å². The Morgan fingerprint density at radius 2 is 1.92 bits per heavy atom. The summed E-state index contributed by atoms with van der Waals surface area (Å²) < 4.78 is 0. The summed E-state index contributed by atoms with van der Waals surface area (Å²) in [6.07, 6.45) is -0.0401. The summed E-state index contributed by atoms with van der Waals surface area (Å²) in [4.78, 5) is 39.5. The van der Waals surface area contributed by atoms with Crippen LogP contribution in [0.2, 0.25) is 0 Å². The number of hydrogen-bond acceptors (Lipinski definition) is 5. The number of nitrogens with zero attached hydrogens (tertiary/aromatic N) is 1. The van der Waals surface area contributed by atoms with Crippen LogP contribution in [0.1, 0.15) is 16.8 Å². The lowest BCUT2D eigenvalue weighted by Crippen LogP contribution is -2.28. The Kier molecular flexibility index (Phi) is 5.33.